The van der Waals surface area contributed by atoms with Gasteiger partial charge in [-0.25, -0.2) is 0 Å². The summed E-state index contributed by atoms with van der Waals surface area (Å²) in [5.74, 6) is 0.870. The van der Waals surface area contributed by atoms with Crippen LogP contribution in [-0.4, -0.2) is 24.0 Å². The molecule has 0 aromatic carbocycles. The highest BCUT2D eigenvalue weighted by molar-refractivity contribution is 5.76. The van der Waals surface area contributed by atoms with E-state index in [2.05, 4.69) is 24.5 Å². The van der Waals surface area contributed by atoms with E-state index in [-0.39, 0.29) is 5.91 Å². The lowest BCUT2D eigenvalue weighted by Gasteiger charge is -2.29. The second-order valence-corrected chi connectivity index (χ2v) is 5.81. The Kier molecular flexibility index (Phi) is 3.85. The van der Waals surface area contributed by atoms with Gasteiger partial charge in [-0.3, -0.25) is 4.79 Å². The van der Waals surface area contributed by atoms with Crippen molar-refractivity contribution >= 4 is 5.91 Å². The molecule has 0 spiro atoms. The number of carbonyl (C=O) groups is 1. The third-order valence-corrected chi connectivity index (χ3v) is 3.79. The van der Waals surface area contributed by atoms with E-state index in [0.29, 0.717) is 30.5 Å². The van der Waals surface area contributed by atoms with E-state index in [4.69, 9.17) is 0 Å². The molecule has 92 valence electrons. The van der Waals surface area contributed by atoms with Crippen molar-refractivity contribution in [2.75, 3.05) is 0 Å². The van der Waals surface area contributed by atoms with Gasteiger partial charge in [0.2, 0.25) is 5.91 Å². The lowest BCUT2D eigenvalue weighted by atomic mass is 9.99. The molecule has 0 saturated carbocycles. The Balaban J connectivity index is 1.71. The molecule has 3 nitrogen and oxygen atoms in total. The van der Waals surface area contributed by atoms with Crippen molar-refractivity contribution in [3.05, 3.63) is 0 Å². The van der Waals surface area contributed by atoms with Crippen molar-refractivity contribution in [2.24, 2.45) is 5.92 Å². The van der Waals surface area contributed by atoms with Crippen molar-refractivity contribution in [3.8, 4) is 0 Å². The van der Waals surface area contributed by atoms with E-state index >= 15 is 0 Å². The molecule has 2 N–H and O–H groups in total. The van der Waals surface area contributed by atoms with Gasteiger partial charge in [-0.1, -0.05) is 13.8 Å². The smallest absolute Gasteiger partial charge is 0.220 e. The summed E-state index contributed by atoms with van der Waals surface area (Å²) in [4.78, 5) is 11.7. The molecule has 0 radical (unpaired) electrons. The molecule has 2 saturated heterocycles. The predicted octanol–water partition coefficient (Wildman–Crippen LogP) is 1.82. The number of nitrogens with one attached hydrogen (secondary N) is 2. The summed E-state index contributed by atoms with van der Waals surface area (Å²) >= 11 is 0. The largest absolute Gasteiger partial charge is 0.353 e. The van der Waals surface area contributed by atoms with Crippen LogP contribution in [0.15, 0.2) is 0 Å². The third-order valence-electron chi connectivity index (χ3n) is 3.79. The Labute approximate surface area is 98.4 Å². The number of hydrogen-bond acceptors (Lipinski definition) is 2. The van der Waals surface area contributed by atoms with Crippen LogP contribution in [-0.2, 0) is 4.79 Å². The number of amides is 1. The highest BCUT2D eigenvalue weighted by atomic mass is 16.1. The minimum atomic E-state index is 0.250. The van der Waals surface area contributed by atoms with Gasteiger partial charge in [-0.2, -0.15) is 0 Å². The van der Waals surface area contributed by atoms with E-state index in [1.165, 1.54) is 12.8 Å². The third kappa shape index (κ3) is 3.21. The van der Waals surface area contributed by atoms with Gasteiger partial charge in [0.15, 0.2) is 0 Å². The summed E-state index contributed by atoms with van der Waals surface area (Å²) in [6.07, 6.45) is 6.54. The summed E-state index contributed by atoms with van der Waals surface area (Å²) in [5.41, 5.74) is 0. The van der Waals surface area contributed by atoms with Crippen LogP contribution in [0, 0.1) is 5.92 Å². The number of fused-ring (bicyclic) bond motifs is 2. The van der Waals surface area contributed by atoms with Crippen molar-refractivity contribution in [1.29, 1.82) is 0 Å². The number of rotatable bonds is 4. The second kappa shape index (κ2) is 5.17. The molecule has 2 aliphatic heterocycles. The fourth-order valence-electron chi connectivity index (χ4n) is 2.89. The molecular weight excluding hydrogens is 200 g/mol. The topological polar surface area (TPSA) is 41.1 Å². The Bertz CT molecular complexity index is 240. The van der Waals surface area contributed by atoms with E-state index in [1.54, 1.807) is 0 Å². The van der Waals surface area contributed by atoms with Gasteiger partial charge in [0.05, 0.1) is 0 Å². The van der Waals surface area contributed by atoms with Crippen LogP contribution in [0.2, 0.25) is 0 Å². The predicted molar refractivity (Wildman–Crippen MR) is 65.2 cm³/mol. The summed E-state index contributed by atoms with van der Waals surface area (Å²) in [6.45, 7) is 4.33. The fraction of sp³-hybridized carbons (Fsp3) is 0.923. The molecule has 0 aromatic heterocycles. The Hall–Kier alpha value is -0.570. The molecule has 1 amide bonds. The molecule has 3 heteroatoms. The van der Waals surface area contributed by atoms with Gasteiger partial charge in [0.1, 0.15) is 0 Å². The zero-order valence-electron chi connectivity index (χ0n) is 10.5. The summed E-state index contributed by atoms with van der Waals surface area (Å²) in [6, 6.07) is 1.75. The minimum absolute atomic E-state index is 0.250. The average Bonchev–Trinajstić information content (AvgIpc) is 2.55. The molecule has 2 heterocycles. The van der Waals surface area contributed by atoms with Crippen LogP contribution in [0.1, 0.15) is 52.4 Å². The van der Waals surface area contributed by atoms with Gasteiger partial charge in [-0.05, 0) is 38.0 Å². The Morgan fingerprint density at radius 3 is 2.50 bits per heavy atom. The highest BCUT2D eigenvalue weighted by Gasteiger charge is 2.33. The molecule has 0 aliphatic carbocycles. The van der Waals surface area contributed by atoms with Gasteiger partial charge < -0.3 is 10.6 Å². The van der Waals surface area contributed by atoms with Gasteiger partial charge >= 0.3 is 0 Å². The van der Waals surface area contributed by atoms with E-state index in [9.17, 15) is 4.79 Å². The lowest BCUT2D eigenvalue weighted by molar-refractivity contribution is -0.122. The SMILES string of the molecule is CC(C)CCC(=O)NC1CC2CCC(C1)N2. The van der Waals surface area contributed by atoms with Crippen LogP contribution in [0.25, 0.3) is 0 Å². The first-order chi connectivity index (χ1) is 7.63. The quantitative estimate of drug-likeness (QED) is 0.765. The molecule has 2 atom stereocenters. The fourth-order valence-corrected chi connectivity index (χ4v) is 2.89. The number of carbonyl (C=O) groups excluding carboxylic acids is 1. The molecular formula is C13H24N2O. The molecule has 2 rings (SSSR count). The average molecular weight is 224 g/mol. The monoisotopic (exact) mass is 224 g/mol. The van der Waals surface area contributed by atoms with Gasteiger partial charge in [0, 0.05) is 24.5 Å². The van der Waals surface area contributed by atoms with Crippen molar-refractivity contribution in [2.45, 2.75) is 70.5 Å². The van der Waals surface area contributed by atoms with Crippen molar-refractivity contribution < 1.29 is 4.79 Å². The Morgan fingerprint density at radius 2 is 1.94 bits per heavy atom. The zero-order valence-corrected chi connectivity index (χ0v) is 10.5. The normalized spacial score (nSPS) is 33.1. The summed E-state index contributed by atoms with van der Waals surface area (Å²) in [5, 5.41) is 6.79. The van der Waals surface area contributed by atoms with Crippen LogP contribution in [0.5, 0.6) is 0 Å². The molecule has 2 aliphatic rings. The minimum Gasteiger partial charge on any atom is -0.353 e. The summed E-state index contributed by atoms with van der Waals surface area (Å²) in [7, 11) is 0. The maximum absolute atomic E-state index is 11.7. The lowest BCUT2D eigenvalue weighted by Crippen LogP contribution is -2.48. The number of piperidine rings is 1. The maximum Gasteiger partial charge on any atom is 0.220 e. The van der Waals surface area contributed by atoms with E-state index < -0.39 is 0 Å². The first kappa shape index (κ1) is 11.9. The highest BCUT2D eigenvalue weighted by Crippen LogP contribution is 2.26. The van der Waals surface area contributed by atoms with Gasteiger partial charge in [0.25, 0.3) is 0 Å². The van der Waals surface area contributed by atoms with E-state index in [1.807, 2.05) is 0 Å². The molecule has 0 aromatic rings. The number of hydrogen-bond donors (Lipinski definition) is 2. The Morgan fingerprint density at radius 1 is 1.31 bits per heavy atom. The van der Waals surface area contributed by atoms with Crippen molar-refractivity contribution in [3.63, 3.8) is 0 Å². The van der Waals surface area contributed by atoms with E-state index in [0.717, 1.165) is 19.3 Å². The van der Waals surface area contributed by atoms with Crippen LogP contribution in [0.4, 0.5) is 0 Å². The zero-order chi connectivity index (χ0) is 11.5. The summed E-state index contributed by atoms with van der Waals surface area (Å²) < 4.78 is 0. The molecule has 2 fully saturated rings. The maximum atomic E-state index is 11.7. The first-order valence-electron chi connectivity index (χ1n) is 6.69. The standard InChI is InChI=1S/C13H24N2O/c1-9(2)3-6-13(16)15-12-7-10-4-5-11(8-12)14-10/h9-12,14H,3-8H2,1-2H3,(H,15,16). The van der Waals surface area contributed by atoms with Crippen LogP contribution < -0.4 is 10.6 Å². The molecule has 16 heavy (non-hydrogen) atoms. The van der Waals surface area contributed by atoms with Crippen molar-refractivity contribution in [1.82, 2.24) is 10.6 Å². The second-order valence-electron chi connectivity index (χ2n) is 5.81. The molecule has 2 bridgehead atoms. The van der Waals surface area contributed by atoms with Crippen LogP contribution in [0.3, 0.4) is 0 Å². The van der Waals surface area contributed by atoms with Gasteiger partial charge in [-0.15, -0.1) is 0 Å². The first-order valence-corrected chi connectivity index (χ1v) is 6.69. The molecule has 2 unspecified atom stereocenters. The van der Waals surface area contributed by atoms with Crippen LogP contribution >= 0.6 is 0 Å².